The molecular weight excluding hydrogens is 951 g/mol. The number of nitrogens with one attached hydrogen (secondary N) is 3. The van der Waals surface area contributed by atoms with Gasteiger partial charge in [-0.1, -0.05) is 107 Å². The molecule has 466 valence electrons. The predicted octanol–water partition coefficient (Wildman–Crippen LogP) is 9.64. The molecule has 0 fully saturated rings. The van der Waals surface area contributed by atoms with Crippen LogP contribution in [0, 0.1) is 0 Å². The molecule has 0 aromatic carbocycles. The molecule has 0 saturated heterocycles. The zero-order chi connectivity index (χ0) is 59.9. The van der Waals surface area contributed by atoms with Crippen LogP contribution in [0.15, 0.2) is 0 Å². The smallest absolute Gasteiger partial charge is 0.126 e. The van der Waals surface area contributed by atoms with Crippen LogP contribution < -0.4 is 21.7 Å². The van der Waals surface area contributed by atoms with E-state index in [1.165, 1.54) is 148 Å². The second-order valence-electron chi connectivity index (χ2n) is 24.6. The number of unbranched alkanes of at least 4 members (excludes halogenated alkanes) is 8. The van der Waals surface area contributed by atoms with Crippen molar-refractivity contribution in [1.29, 1.82) is 0 Å². The largest absolute Gasteiger partial charge is 0.385 e. The summed E-state index contributed by atoms with van der Waals surface area (Å²) in [6.45, 7) is 35.9. The van der Waals surface area contributed by atoms with Gasteiger partial charge in [-0.25, -0.2) is 0 Å². The minimum Gasteiger partial charge on any atom is -0.385 e. The molecule has 0 aliphatic rings. The summed E-state index contributed by atoms with van der Waals surface area (Å²) in [6.07, 6.45) is 22.4. The number of nitrogens with two attached hydrogens (primary N) is 1. The van der Waals surface area contributed by atoms with E-state index < -0.39 is 0 Å². The van der Waals surface area contributed by atoms with E-state index >= 15 is 0 Å². The molecule has 13 nitrogen and oxygen atoms in total. The normalized spacial score (nSPS) is 11.7. The van der Waals surface area contributed by atoms with E-state index in [4.69, 9.17) is 10.5 Å². The lowest BCUT2D eigenvalue weighted by molar-refractivity contribution is -0.890. The molecule has 75 heavy (non-hydrogen) atoms. The Morgan fingerprint density at radius 1 is 0.480 bits per heavy atom. The number of hydrogen-bond acceptors (Lipinski definition) is 10. The zero-order valence-electron chi connectivity index (χ0n) is 57.1. The van der Waals surface area contributed by atoms with Crippen molar-refractivity contribution in [3.63, 3.8) is 0 Å². The van der Waals surface area contributed by atoms with E-state index in [1.54, 1.807) is 0 Å². The molecule has 0 rings (SSSR count). The second kappa shape index (κ2) is 69.9. The molecule has 0 aromatic heterocycles. The van der Waals surface area contributed by atoms with Crippen molar-refractivity contribution in [3.8, 4) is 0 Å². The summed E-state index contributed by atoms with van der Waals surface area (Å²) in [7, 11) is 36.8. The molecule has 14 heteroatoms. The highest BCUT2D eigenvalue weighted by molar-refractivity contribution is 7.98. The van der Waals surface area contributed by atoms with Gasteiger partial charge in [0.25, 0.3) is 0 Å². The number of nitrogens with zero attached hydrogens (tertiary/aromatic N) is 7. The third-order valence-electron chi connectivity index (χ3n) is 11.4. The van der Waals surface area contributed by atoms with Gasteiger partial charge in [0, 0.05) is 45.9 Å². The van der Waals surface area contributed by atoms with Crippen LogP contribution in [0.2, 0.25) is 0 Å². The van der Waals surface area contributed by atoms with Gasteiger partial charge in [-0.2, -0.15) is 11.8 Å². The fourth-order valence-corrected chi connectivity index (χ4v) is 6.58. The zero-order valence-corrected chi connectivity index (χ0v) is 57.9. The van der Waals surface area contributed by atoms with Gasteiger partial charge in [0.15, 0.2) is 0 Å². The first-order valence-electron chi connectivity index (χ1n) is 30.7. The second-order valence-corrected chi connectivity index (χ2v) is 25.6. The molecule has 0 aliphatic carbocycles. The SMILES string of the molecule is CCCCN(C)CCN.CCCCN(C)CC[N+](C)(C)C.CCCCNC.CCCCNCCNC.CCCCOCC(O)C[N+](C)(C)C.CCCCSC.CCCC[N+](C)(C)C.CCCC[N+](C)(C)CCN(C)C. The van der Waals surface area contributed by atoms with E-state index in [-0.39, 0.29) is 6.10 Å². The molecule has 0 aromatic rings. The number of rotatable bonds is 39. The average molecular weight is 1110 g/mol. The highest BCUT2D eigenvalue weighted by Gasteiger charge is 2.15. The van der Waals surface area contributed by atoms with E-state index in [2.05, 4.69) is 198 Å². The van der Waals surface area contributed by atoms with Gasteiger partial charge in [0.05, 0.1) is 110 Å². The first-order valence-corrected chi connectivity index (χ1v) is 32.1. The van der Waals surface area contributed by atoms with E-state index in [0.717, 1.165) is 83.2 Å². The molecule has 0 saturated carbocycles. The molecule has 1 unspecified atom stereocenters. The maximum absolute atomic E-state index is 9.54. The molecular formula is C61H153N11O2S+4. The number of aliphatic hydroxyl groups excluding tert-OH is 1. The Kier molecular flexibility index (Phi) is 85.2. The van der Waals surface area contributed by atoms with Gasteiger partial charge in [-0.3, -0.25) is 0 Å². The molecule has 0 aliphatic heterocycles. The number of thioether (sulfide) groups is 1. The summed E-state index contributed by atoms with van der Waals surface area (Å²) in [6, 6.07) is 0. The summed E-state index contributed by atoms with van der Waals surface area (Å²) in [5.41, 5.74) is 5.36. The van der Waals surface area contributed by atoms with Crippen LogP contribution in [-0.4, -0.2) is 287 Å². The molecule has 0 heterocycles. The van der Waals surface area contributed by atoms with Crippen molar-refractivity contribution < 1.29 is 27.8 Å². The molecule has 0 amide bonds. The van der Waals surface area contributed by atoms with Crippen molar-refractivity contribution in [2.45, 2.75) is 164 Å². The van der Waals surface area contributed by atoms with E-state index in [9.17, 15) is 5.11 Å². The van der Waals surface area contributed by atoms with E-state index in [1.807, 2.05) is 25.9 Å². The van der Waals surface area contributed by atoms with Crippen LogP contribution in [0.25, 0.3) is 0 Å². The van der Waals surface area contributed by atoms with E-state index in [0.29, 0.717) is 6.61 Å². The van der Waals surface area contributed by atoms with Crippen molar-refractivity contribution >= 4 is 11.8 Å². The minimum absolute atomic E-state index is 0.336. The number of quaternary nitrogens is 4. The predicted molar refractivity (Wildman–Crippen MR) is 348 cm³/mol. The van der Waals surface area contributed by atoms with Crippen LogP contribution in [0.4, 0.5) is 0 Å². The third-order valence-corrected chi connectivity index (χ3v) is 12.1. The maximum Gasteiger partial charge on any atom is 0.126 e. The van der Waals surface area contributed by atoms with Crippen molar-refractivity contribution in [2.24, 2.45) is 5.73 Å². The standard InChI is InChI=1S/2C10H25N2.C10H24NO2.2C7H18N2.C7H18N.C5H13N.C5H12S/c1-6-7-9-12(4,5)10-8-11(2)3;1-6-7-8-11(2)9-10-12(3,4)5;1-5-6-7-13-9-10(12)8-11(2,3)4;1-3-4-6-9(2)7-5-8;1-3-4-5-9-7-6-8-2;1-5-6-7-8(2,3)4;2*1-3-4-5-6-2/h2*6-10H2,1-5H3;10,12H,5-9H2,1-4H3;3-8H2,1-2H3;8-9H,3-7H2,1-2H3;5-7H2,1-4H3;6H,3-5H2,1-2H3;3-5H2,1-2H3/q3*+1;;;+1;;. The number of aliphatic hydroxyl groups is 1. The topological polar surface area (TPSA) is 101 Å². The molecule has 0 radical (unpaired) electrons. The lowest BCUT2D eigenvalue weighted by Gasteiger charge is -2.30. The molecule has 6 N–H and O–H groups in total. The monoisotopic (exact) mass is 1100 g/mol. The highest BCUT2D eigenvalue weighted by Crippen LogP contribution is 2.02. The minimum atomic E-state index is -0.336. The summed E-state index contributed by atoms with van der Waals surface area (Å²) in [5.74, 6) is 1.33. The Hall–Kier alpha value is -0.170. The Balaban J connectivity index is -0.000000116. The van der Waals surface area contributed by atoms with Gasteiger partial charge >= 0.3 is 0 Å². The van der Waals surface area contributed by atoms with Crippen LogP contribution in [0.5, 0.6) is 0 Å². The van der Waals surface area contributed by atoms with Crippen molar-refractivity contribution in [1.82, 2.24) is 30.7 Å². The van der Waals surface area contributed by atoms with Crippen molar-refractivity contribution in [3.05, 3.63) is 0 Å². The third kappa shape index (κ3) is 122. The fourth-order valence-electron chi connectivity index (χ4n) is 6.00. The van der Waals surface area contributed by atoms with Gasteiger partial charge in [0.1, 0.15) is 12.6 Å². The summed E-state index contributed by atoms with van der Waals surface area (Å²) < 4.78 is 9.43. The maximum atomic E-state index is 9.54. The Labute approximate surface area is 481 Å². The van der Waals surface area contributed by atoms with Crippen LogP contribution in [-0.2, 0) is 4.74 Å². The van der Waals surface area contributed by atoms with Crippen molar-refractivity contribution in [2.75, 3.05) is 243 Å². The first kappa shape index (κ1) is 91.3. The summed E-state index contributed by atoms with van der Waals surface area (Å²) in [5, 5.41) is 19.0. The van der Waals surface area contributed by atoms with Crippen LogP contribution in [0.3, 0.4) is 0 Å². The lowest BCUT2D eigenvalue weighted by Crippen LogP contribution is -2.44. The molecule has 0 spiro atoms. The molecule has 1 atom stereocenters. The van der Waals surface area contributed by atoms with Gasteiger partial charge < -0.3 is 64.2 Å². The Morgan fingerprint density at radius 3 is 1.27 bits per heavy atom. The Bertz CT molecular complexity index is 943. The fraction of sp³-hybridized carbons (Fsp3) is 1.00. The van der Waals surface area contributed by atoms with Gasteiger partial charge in [0.2, 0.25) is 0 Å². The Morgan fingerprint density at radius 2 is 0.920 bits per heavy atom. The highest BCUT2D eigenvalue weighted by atomic mass is 32.2. The number of likely N-dealkylation sites (N-methyl/N-ethyl adjacent to an activating group) is 7. The lowest BCUT2D eigenvalue weighted by atomic mass is 10.3. The number of hydrogen-bond donors (Lipinski definition) is 5. The average Bonchev–Trinajstić information content (AvgIpc) is 3.33. The van der Waals surface area contributed by atoms with Crippen LogP contribution >= 0.6 is 11.8 Å². The molecule has 0 bridgehead atoms. The number of ether oxygens (including phenoxy) is 1. The quantitative estimate of drug-likeness (QED) is 0.0303. The summed E-state index contributed by atoms with van der Waals surface area (Å²) >= 11 is 1.93. The first-order chi connectivity index (χ1) is 35.0. The van der Waals surface area contributed by atoms with Gasteiger partial charge in [-0.05, 0) is 132 Å². The van der Waals surface area contributed by atoms with Gasteiger partial charge in [-0.15, -0.1) is 0 Å². The summed E-state index contributed by atoms with van der Waals surface area (Å²) in [4.78, 5) is 6.95. The van der Waals surface area contributed by atoms with Crippen LogP contribution in [0.1, 0.15) is 158 Å².